The molecule has 1 aromatic carbocycles. The zero-order chi connectivity index (χ0) is 13.5. The van der Waals surface area contributed by atoms with E-state index in [4.69, 9.17) is 10.2 Å². The maximum absolute atomic E-state index is 5.72. The number of nitrogens with zero attached hydrogens (tertiary/aromatic N) is 4. The highest BCUT2D eigenvalue weighted by Crippen LogP contribution is 2.31. The third-order valence-corrected chi connectivity index (χ3v) is 3.62. The first-order valence-electron chi connectivity index (χ1n) is 5.77. The van der Waals surface area contributed by atoms with Crippen molar-refractivity contribution in [2.24, 2.45) is 0 Å². The Morgan fingerprint density at radius 1 is 1.20 bits per heavy atom. The van der Waals surface area contributed by atoms with Gasteiger partial charge in [-0.05, 0) is 23.9 Å². The molecule has 0 amide bonds. The highest BCUT2D eigenvalue weighted by Gasteiger charge is 2.12. The Bertz CT molecular complexity index is 915. The van der Waals surface area contributed by atoms with Crippen molar-refractivity contribution in [3.8, 4) is 0 Å². The molecule has 0 aliphatic rings. The van der Waals surface area contributed by atoms with Gasteiger partial charge in [0.1, 0.15) is 22.4 Å². The molecule has 0 atom stereocenters. The number of nitrogen functional groups attached to an aromatic ring is 1. The van der Waals surface area contributed by atoms with Crippen LogP contribution in [0.4, 0.5) is 5.69 Å². The van der Waals surface area contributed by atoms with Crippen LogP contribution in [0.2, 0.25) is 0 Å². The fourth-order valence-corrected chi connectivity index (χ4v) is 2.66. The van der Waals surface area contributed by atoms with Gasteiger partial charge in [-0.15, -0.1) is 0 Å². The van der Waals surface area contributed by atoms with E-state index >= 15 is 0 Å². The zero-order valence-corrected chi connectivity index (χ0v) is 10.9. The van der Waals surface area contributed by atoms with Crippen LogP contribution in [0.5, 0.6) is 0 Å². The summed E-state index contributed by atoms with van der Waals surface area (Å²) in [5.74, 6) is 0. The average molecular weight is 284 g/mol. The second kappa shape index (κ2) is 4.20. The molecule has 7 nitrogen and oxygen atoms in total. The second-order valence-corrected chi connectivity index (χ2v) is 5.03. The Morgan fingerprint density at radius 2 is 2.15 bits per heavy atom. The van der Waals surface area contributed by atoms with E-state index < -0.39 is 0 Å². The van der Waals surface area contributed by atoms with E-state index in [1.165, 1.54) is 18.1 Å². The van der Waals surface area contributed by atoms with Crippen molar-refractivity contribution in [2.45, 2.75) is 10.2 Å². The van der Waals surface area contributed by atoms with Gasteiger partial charge in [0.15, 0.2) is 11.2 Å². The van der Waals surface area contributed by atoms with E-state index in [0.29, 0.717) is 27.2 Å². The number of aromatic nitrogens is 5. The van der Waals surface area contributed by atoms with E-state index in [0.717, 1.165) is 11.0 Å². The molecule has 0 aliphatic carbocycles. The molecule has 0 aliphatic heterocycles. The van der Waals surface area contributed by atoms with Gasteiger partial charge in [-0.25, -0.2) is 19.9 Å². The lowest BCUT2D eigenvalue weighted by atomic mass is 10.3. The molecule has 4 aromatic rings. The third kappa shape index (κ3) is 1.77. The first kappa shape index (κ1) is 11.2. The summed E-state index contributed by atoms with van der Waals surface area (Å²) in [7, 11) is 0. The smallest absolute Gasteiger partial charge is 0.263 e. The van der Waals surface area contributed by atoms with Crippen LogP contribution in [0.15, 0.2) is 45.5 Å². The molecule has 0 saturated heterocycles. The summed E-state index contributed by atoms with van der Waals surface area (Å²) in [5.41, 5.74) is 9.15. The number of rotatable bonds is 2. The predicted octanol–water partition coefficient (Wildman–Crippen LogP) is 2.23. The zero-order valence-electron chi connectivity index (χ0n) is 10.1. The third-order valence-electron chi connectivity index (χ3n) is 2.77. The Balaban J connectivity index is 1.78. The SMILES string of the molecule is Nc1ccc2nc(Sc3ncnc4nc[nH]c34)oc2c1. The van der Waals surface area contributed by atoms with Crippen LogP contribution in [-0.2, 0) is 0 Å². The normalized spacial score (nSPS) is 11.4. The Hall–Kier alpha value is -2.61. The molecule has 8 heteroatoms. The summed E-state index contributed by atoms with van der Waals surface area (Å²) in [6, 6.07) is 5.36. The van der Waals surface area contributed by atoms with Gasteiger partial charge in [-0.3, -0.25) is 0 Å². The van der Waals surface area contributed by atoms with Crippen molar-refractivity contribution in [2.75, 3.05) is 5.73 Å². The van der Waals surface area contributed by atoms with Crippen LogP contribution >= 0.6 is 11.8 Å². The average Bonchev–Trinajstić information content (AvgIpc) is 3.04. The molecular weight excluding hydrogens is 276 g/mol. The number of H-pyrrole nitrogens is 1. The number of benzene rings is 1. The van der Waals surface area contributed by atoms with Gasteiger partial charge in [-0.2, -0.15) is 0 Å². The monoisotopic (exact) mass is 284 g/mol. The van der Waals surface area contributed by atoms with Crippen molar-refractivity contribution in [3.63, 3.8) is 0 Å². The predicted molar refractivity (Wildman–Crippen MR) is 74.2 cm³/mol. The van der Waals surface area contributed by atoms with Gasteiger partial charge in [0.25, 0.3) is 5.22 Å². The minimum absolute atomic E-state index is 0.500. The van der Waals surface area contributed by atoms with Gasteiger partial charge in [-0.1, -0.05) is 0 Å². The molecular formula is C12H8N6OS. The van der Waals surface area contributed by atoms with Gasteiger partial charge < -0.3 is 15.1 Å². The standard InChI is InChI=1S/C12H8N6OS/c13-6-1-2-7-8(3-6)19-12(18-7)20-11-9-10(15-4-14-9)16-5-17-11/h1-5H,13H2,(H,14,15,16,17). The largest absolute Gasteiger partial charge is 0.431 e. The van der Waals surface area contributed by atoms with Gasteiger partial charge in [0.2, 0.25) is 0 Å². The minimum Gasteiger partial charge on any atom is -0.431 e. The van der Waals surface area contributed by atoms with Crippen LogP contribution in [0.3, 0.4) is 0 Å². The van der Waals surface area contributed by atoms with Gasteiger partial charge in [0, 0.05) is 11.8 Å². The lowest BCUT2D eigenvalue weighted by Gasteiger charge is -1.96. The molecule has 0 spiro atoms. The van der Waals surface area contributed by atoms with Crippen LogP contribution in [0.25, 0.3) is 22.3 Å². The molecule has 3 aromatic heterocycles. The Morgan fingerprint density at radius 3 is 3.10 bits per heavy atom. The number of imidazole rings is 1. The molecule has 0 fully saturated rings. The minimum atomic E-state index is 0.500. The molecule has 20 heavy (non-hydrogen) atoms. The molecule has 0 bridgehead atoms. The van der Waals surface area contributed by atoms with E-state index in [-0.39, 0.29) is 0 Å². The number of nitrogens with one attached hydrogen (secondary N) is 1. The number of hydrogen-bond acceptors (Lipinski definition) is 7. The number of oxazole rings is 1. The van der Waals surface area contributed by atoms with Crippen molar-refractivity contribution < 1.29 is 4.42 Å². The fraction of sp³-hybridized carbons (Fsp3) is 0. The number of anilines is 1. The molecule has 0 unspecified atom stereocenters. The highest BCUT2D eigenvalue weighted by molar-refractivity contribution is 7.99. The summed E-state index contributed by atoms with van der Waals surface area (Å²) < 4.78 is 5.66. The quantitative estimate of drug-likeness (QED) is 0.429. The van der Waals surface area contributed by atoms with Crippen molar-refractivity contribution in [3.05, 3.63) is 30.9 Å². The van der Waals surface area contributed by atoms with Crippen molar-refractivity contribution >= 4 is 39.7 Å². The summed E-state index contributed by atoms with van der Waals surface area (Å²) in [6.45, 7) is 0. The molecule has 0 saturated carbocycles. The summed E-state index contributed by atoms with van der Waals surface area (Å²) >= 11 is 1.31. The Kier molecular flexibility index (Phi) is 2.36. The summed E-state index contributed by atoms with van der Waals surface area (Å²) in [4.78, 5) is 19.8. The first-order chi connectivity index (χ1) is 9.79. The Labute approximate surface area is 116 Å². The molecule has 3 N–H and O–H groups in total. The van der Waals surface area contributed by atoms with Crippen LogP contribution in [0.1, 0.15) is 0 Å². The number of fused-ring (bicyclic) bond motifs is 2. The van der Waals surface area contributed by atoms with E-state index in [1.807, 2.05) is 6.07 Å². The molecule has 0 radical (unpaired) electrons. The topological polar surface area (TPSA) is 107 Å². The van der Waals surface area contributed by atoms with Gasteiger partial charge >= 0.3 is 0 Å². The maximum atomic E-state index is 5.72. The fourth-order valence-electron chi connectivity index (χ4n) is 1.87. The molecule has 98 valence electrons. The van der Waals surface area contributed by atoms with Crippen LogP contribution in [-0.4, -0.2) is 24.9 Å². The summed E-state index contributed by atoms with van der Waals surface area (Å²) in [5, 5.41) is 1.22. The summed E-state index contributed by atoms with van der Waals surface area (Å²) in [6.07, 6.45) is 3.04. The number of nitrogens with two attached hydrogens (primary N) is 1. The van der Waals surface area contributed by atoms with E-state index in [1.54, 1.807) is 18.5 Å². The van der Waals surface area contributed by atoms with Gasteiger partial charge in [0.05, 0.1) is 6.33 Å². The van der Waals surface area contributed by atoms with Crippen LogP contribution < -0.4 is 5.73 Å². The molecule has 3 heterocycles. The van der Waals surface area contributed by atoms with E-state index in [9.17, 15) is 0 Å². The van der Waals surface area contributed by atoms with Crippen LogP contribution in [0, 0.1) is 0 Å². The second-order valence-electron chi connectivity index (χ2n) is 4.09. The highest BCUT2D eigenvalue weighted by atomic mass is 32.2. The maximum Gasteiger partial charge on any atom is 0.263 e. The first-order valence-corrected chi connectivity index (χ1v) is 6.59. The van der Waals surface area contributed by atoms with E-state index in [2.05, 4.69) is 24.9 Å². The number of hydrogen-bond donors (Lipinski definition) is 2. The van der Waals surface area contributed by atoms with Crippen molar-refractivity contribution in [1.29, 1.82) is 0 Å². The lowest BCUT2D eigenvalue weighted by Crippen LogP contribution is -1.85. The van der Waals surface area contributed by atoms with Crippen molar-refractivity contribution in [1.82, 2.24) is 24.9 Å². The molecule has 4 rings (SSSR count). The number of aromatic amines is 1. The lowest BCUT2D eigenvalue weighted by molar-refractivity contribution is 0.489.